The van der Waals surface area contributed by atoms with Crippen molar-refractivity contribution in [3.63, 3.8) is 0 Å². The zero-order chi connectivity index (χ0) is 18.8. The molecule has 1 aliphatic heterocycles. The minimum Gasteiger partial charge on any atom is -0.306 e. The van der Waals surface area contributed by atoms with Crippen LogP contribution >= 0.6 is 24.0 Å². The summed E-state index contributed by atoms with van der Waals surface area (Å²) in [4.78, 5) is 15.5. The molecule has 3 aromatic rings. The van der Waals surface area contributed by atoms with Gasteiger partial charge in [0, 0.05) is 16.8 Å². The van der Waals surface area contributed by atoms with Crippen LogP contribution in [0.2, 0.25) is 5.02 Å². The summed E-state index contributed by atoms with van der Waals surface area (Å²) in [5, 5.41) is 7.29. The van der Waals surface area contributed by atoms with Crippen molar-refractivity contribution in [1.82, 2.24) is 14.7 Å². The van der Waals surface area contributed by atoms with E-state index >= 15 is 0 Å². The molecule has 0 radical (unpaired) electrons. The van der Waals surface area contributed by atoms with E-state index in [0.717, 1.165) is 59.4 Å². The summed E-state index contributed by atoms with van der Waals surface area (Å²) in [5.41, 5.74) is 2.12. The molecule has 1 atom stereocenters. The van der Waals surface area contributed by atoms with Crippen molar-refractivity contribution in [1.29, 1.82) is 0 Å². The van der Waals surface area contributed by atoms with Crippen molar-refractivity contribution in [3.8, 4) is 0 Å². The van der Waals surface area contributed by atoms with Gasteiger partial charge in [0.1, 0.15) is 0 Å². The van der Waals surface area contributed by atoms with Gasteiger partial charge in [-0.15, -0.1) is 12.4 Å². The van der Waals surface area contributed by atoms with Crippen LogP contribution in [0, 0.1) is 0 Å². The largest absolute Gasteiger partial charge is 0.306 e. The third-order valence-electron chi connectivity index (χ3n) is 5.46. The van der Waals surface area contributed by atoms with E-state index in [0.29, 0.717) is 6.42 Å². The van der Waals surface area contributed by atoms with E-state index < -0.39 is 0 Å². The molecule has 6 heteroatoms. The van der Waals surface area contributed by atoms with E-state index in [1.807, 2.05) is 48.5 Å². The smallest absolute Gasteiger partial charge is 0.274 e. The second-order valence-electron chi connectivity index (χ2n) is 7.43. The third-order valence-corrected chi connectivity index (χ3v) is 5.71. The monoisotopic (exact) mass is 417 g/mol. The molecule has 0 saturated carbocycles. The molecule has 2 aromatic carbocycles. The maximum atomic E-state index is 13.1. The molecular weight excluding hydrogens is 393 g/mol. The molecule has 0 amide bonds. The second-order valence-corrected chi connectivity index (χ2v) is 7.87. The lowest BCUT2D eigenvalue weighted by molar-refractivity contribution is 0.334. The van der Waals surface area contributed by atoms with Crippen molar-refractivity contribution in [2.75, 3.05) is 20.1 Å². The second kappa shape index (κ2) is 9.08. The Morgan fingerprint density at radius 1 is 1.04 bits per heavy atom. The fourth-order valence-electron chi connectivity index (χ4n) is 3.91. The fourth-order valence-corrected chi connectivity index (χ4v) is 4.04. The first-order valence-electron chi connectivity index (χ1n) is 9.55. The molecule has 28 heavy (non-hydrogen) atoms. The lowest BCUT2D eigenvalue weighted by Gasteiger charge is -2.19. The highest BCUT2D eigenvalue weighted by Gasteiger charge is 2.21. The molecule has 1 fully saturated rings. The molecule has 0 N–H and O–H groups in total. The van der Waals surface area contributed by atoms with Gasteiger partial charge in [-0.2, -0.15) is 5.10 Å². The number of aromatic nitrogens is 2. The number of hydrogen-bond acceptors (Lipinski definition) is 3. The molecule has 0 unspecified atom stereocenters. The predicted molar refractivity (Wildman–Crippen MR) is 118 cm³/mol. The molecule has 1 saturated heterocycles. The summed E-state index contributed by atoms with van der Waals surface area (Å²) < 4.78 is 1.76. The van der Waals surface area contributed by atoms with Crippen LogP contribution in [0.5, 0.6) is 0 Å². The minimum absolute atomic E-state index is 0. The molecule has 1 aromatic heterocycles. The van der Waals surface area contributed by atoms with Gasteiger partial charge in [-0.1, -0.05) is 41.9 Å². The Hall–Kier alpha value is -1.88. The van der Waals surface area contributed by atoms with Gasteiger partial charge in [0.15, 0.2) is 0 Å². The number of nitrogens with zero attached hydrogens (tertiary/aromatic N) is 3. The van der Waals surface area contributed by atoms with E-state index in [9.17, 15) is 4.79 Å². The molecule has 0 aliphatic carbocycles. The number of halogens is 2. The fraction of sp³-hybridized carbons (Fsp3) is 0.364. The van der Waals surface area contributed by atoms with E-state index in [4.69, 9.17) is 16.7 Å². The predicted octanol–water partition coefficient (Wildman–Crippen LogP) is 4.72. The minimum atomic E-state index is 0. The van der Waals surface area contributed by atoms with Gasteiger partial charge in [0.05, 0.1) is 17.1 Å². The van der Waals surface area contributed by atoms with Crippen LogP contribution in [0.3, 0.4) is 0 Å². The van der Waals surface area contributed by atoms with E-state index in [2.05, 4.69) is 11.9 Å². The summed E-state index contributed by atoms with van der Waals surface area (Å²) in [6.45, 7) is 2.08. The molecule has 1 aliphatic rings. The molecule has 0 spiro atoms. The molecule has 2 heterocycles. The zero-order valence-corrected chi connectivity index (χ0v) is 17.5. The highest BCUT2D eigenvalue weighted by atomic mass is 35.5. The molecule has 4 rings (SSSR count). The lowest BCUT2D eigenvalue weighted by Crippen LogP contribution is -2.29. The van der Waals surface area contributed by atoms with Crippen LogP contribution in [0.25, 0.3) is 10.8 Å². The Morgan fingerprint density at radius 2 is 1.75 bits per heavy atom. The highest BCUT2D eigenvalue weighted by Crippen LogP contribution is 2.23. The van der Waals surface area contributed by atoms with Crippen molar-refractivity contribution in [2.24, 2.45) is 0 Å². The third kappa shape index (κ3) is 4.40. The van der Waals surface area contributed by atoms with Gasteiger partial charge in [0.2, 0.25) is 0 Å². The standard InChI is InChI=1S/C22H24ClN3O.ClH/c1-25-13-4-5-18(12-14-25)26-22(27)20-7-3-2-6-19(20)21(24-26)15-16-8-10-17(23)11-9-16;/h2-3,6-11,18H,4-5,12-15H2,1H3;1H/t18-;/m1./s1. The van der Waals surface area contributed by atoms with Crippen molar-refractivity contribution in [2.45, 2.75) is 31.7 Å². The maximum Gasteiger partial charge on any atom is 0.274 e. The van der Waals surface area contributed by atoms with Crippen molar-refractivity contribution >= 4 is 34.8 Å². The molecule has 0 bridgehead atoms. The first kappa shape index (κ1) is 20.8. The Morgan fingerprint density at radius 3 is 2.50 bits per heavy atom. The Labute approximate surface area is 176 Å². The first-order valence-corrected chi connectivity index (χ1v) is 9.93. The lowest BCUT2D eigenvalue weighted by atomic mass is 10.0. The Bertz CT molecular complexity index is 1000. The Balaban J connectivity index is 0.00000225. The summed E-state index contributed by atoms with van der Waals surface area (Å²) in [6.07, 6.45) is 3.73. The number of fused-ring (bicyclic) bond motifs is 1. The zero-order valence-electron chi connectivity index (χ0n) is 16.0. The Kier molecular flexibility index (Phi) is 6.76. The summed E-state index contributed by atoms with van der Waals surface area (Å²) in [5.74, 6) is 0. The summed E-state index contributed by atoms with van der Waals surface area (Å²) in [6, 6.07) is 15.8. The van der Waals surface area contributed by atoms with Crippen LogP contribution in [0.15, 0.2) is 53.3 Å². The van der Waals surface area contributed by atoms with Gasteiger partial charge >= 0.3 is 0 Å². The van der Waals surface area contributed by atoms with Gasteiger partial charge in [-0.25, -0.2) is 4.68 Å². The van der Waals surface area contributed by atoms with Crippen LogP contribution in [0.1, 0.15) is 36.6 Å². The number of benzene rings is 2. The maximum absolute atomic E-state index is 13.1. The number of hydrogen-bond donors (Lipinski definition) is 0. The number of rotatable bonds is 3. The average molecular weight is 418 g/mol. The molecule has 148 valence electrons. The molecule has 4 nitrogen and oxygen atoms in total. The van der Waals surface area contributed by atoms with E-state index in [1.165, 1.54) is 0 Å². The topological polar surface area (TPSA) is 38.1 Å². The molecular formula is C22H25Cl2N3O. The van der Waals surface area contributed by atoms with Crippen LogP contribution < -0.4 is 5.56 Å². The van der Waals surface area contributed by atoms with E-state index in [1.54, 1.807) is 4.68 Å². The van der Waals surface area contributed by atoms with Crippen LogP contribution in [-0.2, 0) is 6.42 Å². The van der Waals surface area contributed by atoms with Gasteiger partial charge in [-0.05, 0) is 63.2 Å². The van der Waals surface area contributed by atoms with Crippen LogP contribution in [-0.4, -0.2) is 34.8 Å². The SMILES string of the molecule is CN1CCC[C@@H](n2nc(Cc3ccc(Cl)cc3)c3ccccc3c2=O)CC1.Cl. The van der Waals surface area contributed by atoms with Gasteiger partial charge < -0.3 is 4.90 Å². The summed E-state index contributed by atoms with van der Waals surface area (Å²) >= 11 is 6.02. The summed E-state index contributed by atoms with van der Waals surface area (Å²) in [7, 11) is 2.14. The van der Waals surface area contributed by atoms with Crippen molar-refractivity contribution in [3.05, 3.63) is 75.2 Å². The quantitative estimate of drug-likeness (QED) is 0.618. The average Bonchev–Trinajstić information content (AvgIpc) is 2.90. The van der Waals surface area contributed by atoms with Gasteiger partial charge in [-0.3, -0.25) is 4.79 Å². The normalized spacial score (nSPS) is 17.9. The van der Waals surface area contributed by atoms with E-state index in [-0.39, 0.29) is 24.0 Å². The first-order chi connectivity index (χ1) is 13.1. The number of likely N-dealkylation sites (tertiary alicyclic amines) is 1. The van der Waals surface area contributed by atoms with Crippen LogP contribution in [0.4, 0.5) is 0 Å². The highest BCUT2D eigenvalue weighted by molar-refractivity contribution is 6.30. The van der Waals surface area contributed by atoms with Crippen molar-refractivity contribution < 1.29 is 0 Å². The van der Waals surface area contributed by atoms with Gasteiger partial charge in [0.25, 0.3) is 5.56 Å².